The Bertz CT molecular complexity index is 385. The number of rotatable bonds is 5. The van der Waals surface area contributed by atoms with Crippen LogP contribution in [0.4, 0.5) is 5.69 Å². The summed E-state index contributed by atoms with van der Waals surface area (Å²) in [5.41, 5.74) is 1.62. The zero-order valence-electron chi connectivity index (χ0n) is 9.94. The summed E-state index contributed by atoms with van der Waals surface area (Å²) in [5.74, 6) is -0.0892. The van der Waals surface area contributed by atoms with Crippen LogP contribution in [-0.2, 0) is 4.79 Å². The molecule has 0 spiro atoms. The third kappa shape index (κ3) is 3.84. The van der Waals surface area contributed by atoms with Gasteiger partial charge in [-0.15, -0.1) is 0 Å². The second kappa shape index (κ2) is 5.29. The molecule has 1 fully saturated rings. The Kier molecular flexibility index (Phi) is 3.76. The maximum atomic E-state index is 10.8. The zero-order valence-corrected chi connectivity index (χ0v) is 9.94. The molecule has 1 aliphatic carbocycles. The van der Waals surface area contributed by atoms with E-state index in [2.05, 4.69) is 10.6 Å². The Morgan fingerprint density at radius 1 is 1.41 bits per heavy atom. The van der Waals surface area contributed by atoms with E-state index < -0.39 is 6.10 Å². The molecule has 4 heteroatoms. The Hall–Kier alpha value is -1.39. The standard InChI is InChI=1S/C13H18N2O2/c1-9(16)15-12-4-2-10(3-5-12)13(17)8-14-11-6-7-11/h2-5,11,13-14,17H,6-8H2,1H3,(H,15,16). The summed E-state index contributed by atoms with van der Waals surface area (Å²) in [6, 6.07) is 7.88. The highest BCUT2D eigenvalue weighted by molar-refractivity contribution is 5.88. The topological polar surface area (TPSA) is 61.4 Å². The van der Waals surface area contributed by atoms with E-state index >= 15 is 0 Å². The highest BCUT2D eigenvalue weighted by Crippen LogP contribution is 2.21. The van der Waals surface area contributed by atoms with Crippen molar-refractivity contribution >= 4 is 11.6 Å². The van der Waals surface area contributed by atoms with Crippen LogP contribution in [0.15, 0.2) is 24.3 Å². The predicted molar refractivity (Wildman–Crippen MR) is 66.7 cm³/mol. The van der Waals surface area contributed by atoms with Crippen molar-refractivity contribution in [1.82, 2.24) is 5.32 Å². The average Bonchev–Trinajstić information content (AvgIpc) is 3.10. The second-order valence-electron chi connectivity index (χ2n) is 4.50. The first-order chi connectivity index (χ1) is 8.15. The Morgan fingerprint density at radius 2 is 2.06 bits per heavy atom. The molecule has 1 unspecified atom stereocenters. The van der Waals surface area contributed by atoms with Gasteiger partial charge >= 0.3 is 0 Å². The highest BCUT2D eigenvalue weighted by atomic mass is 16.3. The minimum atomic E-state index is -0.484. The van der Waals surface area contributed by atoms with Gasteiger partial charge in [0.15, 0.2) is 0 Å². The van der Waals surface area contributed by atoms with Gasteiger partial charge in [-0.05, 0) is 30.5 Å². The van der Waals surface area contributed by atoms with E-state index in [1.54, 1.807) is 12.1 Å². The largest absolute Gasteiger partial charge is 0.387 e. The first-order valence-electron chi connectivity index (χ1n) is 5.94. The molecule has 17 heavy (non-hydrogen) atoms. The lowest BCUT2D eigenvalue weighted by molar-refractivity contribution is -0.114. The summed E-state index contributed by atoms with van der Waals surface area (Å²) < 4.78 is 0. The van der Waals surface area contributed by atoms with Crippen LogP contribution in [0.5, 0.6) is 0 Å². The molecule has 0 aliphatic heterocycles. The van der Waals surface area contributed by atoms with Gasteiger partial charge < -0.3 is 15.7 Å². The summed E-state index contributed by atoms with van der Waals surface area (Å²) >= 11 is 0. The number of hydrogen-bond donors (Lipinski definition) is 3. The van der Waals surface area contributed by atoms with E-state index in [1.165, 1.54) is 19.8 Å². The van der Waals surface area contributed by atoms with E-state index in [1.807, 2.05) is 12.1 Å². The molecule has 4 nitrogen and oxygen atoms in total. The molecule has 92 valence electrons. The minimum absolute atomic E-state index is 0.0892. The second-order valence-corrected chi connectivity index (χ2v) is 4.50. The number of amides is 1. The number of carbonyl (C=O) groups is 1. The number of aliphatic hydroxyl groups is 1. The Labute approximate surface area is 101 Å². The van der Waals surface area contributed by atoms with Crippen molar-refractivity contribution in [1.29, 1.82) is 0 Å². The first kappa shape index (κ1) is 12.1. The summed E-state index contributed by atoms with van der Waals surface area (Å²) in [5, 5.41) is 15.9. The lowest BCUT2D eigenvalue weighted by Gasteiger charge is -2.12. The van der Waals surface area contributed by atoms with Crippen LogP contribution in [0.2, 0.25) is 0 Å². The van der Waals surface area contributed by atoms with E-state index in [4.69, 9.17) is 0 Å². The van der Waals surface area contributed by atoms with Gasteiger partial charge in [0, 0.05) is 25.2 Å². The van der Waals surface area contributed by atoms with Crippen molar-refractivity contribution in [2.75, 3.05) is 11.9 Å². The fourth-order valence-electron chi connectivity index (χ4n) is 1.68. The third-order valence-corrected chi connectivity index (χ3v) is 2.79. The summed E-state index contributed by atoms with van der Waals surface area (Å²) in [6.07, 6.45) is 1.95. The molecule has 1 aromatic carbocycles. The lowest BCUT2D eigenvalue weighted by atomic mass is 10.1. The van der Waals surface area contributed by atoms with E-state index in [-0.39, 0.29) is 5.91 Å². The predicted octanol–water partition coefficient (Wildman–Crippen LogP) is 1.43. The van der Waals surface area contributed by atoms with Crippen LogP contribution in [0.3, 0.4) is 0 Å². The van der Waals surface area contributed by atoms with Gasteiger partial charge in [0.25, 0.3) is 0 Å². The van der Waals surface area contributed by atoms with Gasteiger partial charge in [-0.1, -0.05) is 12.1 Å². The maximum absolute atomic E-state index is 10.8. The molecule has 0 aromatic heterocycles. The molecule has 0 bridgehead atoms. The van der Waals surface area contributed by atoms with Crippen molar-refractivity contribution in [3.05, 3.63) is 29.8 Å². The van der Waals surface area contributed by atoms with Crippen LogP contribution < -0.4 is 10.6 Å². The van der Waals surface area contributed by atoms with Crippen LogP contribution in [0.1, 0.15) is 31.4 Å². The first-order valence-corrected chi connectivity index (χ1v) is 5.94. The molecule has 0 radical (unpaired) electrons. The smallest absolute Gasteiger partial charge is 0.221 e. The average molecular weight is 234 g/mol. The molecule has 1 aromatic rings. The fourth-order valence-corrected chi connectivity index (χ4v) is 1.68. The molecule has 1 aliphatic rings. The number of nitrogens with one attached hydrogen (secondary N) is 2. The molecule has 0 saturated heterocycles. The molecule has 0 heterocycles. The highest BCUT2D eigenvalue weighted by Gasteiger charge is 2.21. The summed E-state index contributed by atoms with van der Waals surface area (Å²) in [6.45, 7) is 2.06. The Balaban J connectivity index is 1.88. The molecule has 1 atom stereocenters. The van der Waals surface area contributed by atoms with Crippen LogP contribution in [0, 0.1) is 0 Å². The van der Waals surface area contributed by atoms with Gasteiger partial charge in [-0.25, -0.2) is 0 Å². The van der Waals surface area contributed by atoms with Crippen LogP contribution >= 0.6 is 0 Å². The summed E-state index contributed by atoms with van der Waals surface area (Å²) in [7, 11) is 0. The number of benzene rings is 1. The summed E-state index contributed by atoms with van der Waals surface area (Å²) in [4.78, 5) is 10.8. The normalized spacial score (nSPS) is 16.6. The quantitative estimate of drug-likeness (QED) is 0.722. The van der Waals surface area contributed by atoms with E-state index in [0.29, 0.717) is 12.6 Å². The van der Waals surface area contributed by atoms with Gasteiger partial charge in [-0.2, -0.15) is 0 Å². The SMILES string of the molecule is CC(=O)Nc1ccc(C(O)CNC2CC2)cc1. The van der Waals surface area contributed by atoms with Crippen molar-refractivity contribution in [2.24, 2.45) is 0 Å². The van der Waals surface area contributed by atoms with E-state index in [0.717, 1.165) is 11.3 Å². The number of carbonyl (C=O) groups excluding carboxylic acids is 1. The van der Waals surface area contributed by atoms with Crippen molar-refractivity contribution in [2.45, 2.75) is 31.9 Å². The maximum Gasteiger partial charge on any atom is 0.221 e. The fraction of sp³-hybridized carbons (Fsp3) is 0.462. The number of anilines is 1. The van der Waals surface area contributed by atoms with Crippen molar-refractivity contribution < 1.29 is 9.90 Å². The van der Waals surface area contributed by atoms with Gasteiger partial charge in [0.2, 0.25) is 5.91 Å². The minimum Gasteiger partial charge on any atom is -0.387 e. The molecule has 3 N–H and O–H groups in total. The van der Waals surface area contributed by atoms with Crippen LogP contribution in [-0.4, -0.2) is 23.6 Å². The lowest BCUT2D eigenvalue weighted by Crippen LogP contribution is -2.23. The number of aliphatic hydroxyl groups excluding tert-OH is 1. The third-order valence-electron chi connectivity index (χ3n) is 2.79. The molecule has 1 saturated carbocycles. The van der Waals surface area contributed by atoms with Crippen molar-refractivity contribution in [3.63, 3.8) is 0 Å². The van der Waals surface area contributed by atoms with Gasteiger partial charge in [0.1, 0.15) is 0 Å². The molecule has 2 rings (SSSR count). The Morgan fingerprint density at radius 3 is 2.59 bits per heavy atom. The van der Waals surface area contributed by atoms with E-state index in [9.17, 15) is 9.90 Å². The molecular weight excluding hydrogens is 216 g/mol. The van der Waals surface area contributed by atoms with Gasteiger partial charge in [-0.3, -0.25) is 4.79 Å². The molecule has 1 amide bonds. The monoisotopic (exact) mass is 234 g/mol. The van der Waals surface area contributed by atoms with Crippen LogP contribution in [0.25, 0.3) is 0 Å². The van der Waals surface area contributed by atoms with Gasteiger partial charge in [0.05, 0.1) is 6.10 Å². The zero-order chi connectivity index (χ0) is 12.3. The van der Waals surface area contributed by atoms with Crippen molar-refractivity contribution in [3.8, 4) is 0 Å². The molecular formula is C13H18N2O2. The number of hydrogen-bond acceptors (Lipinski definition) is 3.